The van der Waals surface area contributed by atoms with E-state index in [-0.39, 0.29) is 59.3 Å². The van der Waals surface area contributed by atoms with Gasteiger partial charge in [0.15, 0.2) is 0 Å². The molecule has 5 heteroatoms. The van der Waals surface area contributed by atoms with Crippen molar-refractivity contribution in [2.24, 2.45) is 5.41 Å². The number of hydrogen-bond donors (Lipinski definition) is 0. The third-order valence-corrected chi connectivity index (χ3v) is 8.78. The first-order valence-corrected chi connectivity index (χ1v) is 15.7. The van der Waals surface area contributed by atoms with Crippen LogP contribution in [0.1, 0.15) is 81.6 Å². The maximum absolute atomic E-state index is 9.19. The molecule has 1 saturated carbocycles. The van der Waals surface area contributed by atoms with Crippen LogP contribution in [0.15, 0.2) is 106 Å². The molecule has 1 aliphatic carbocycles. The van der Waals surface area contributed by atoms with Crippen LogP contribution in [-0.4, -0.2) is 9.97 Å². The number of benzene rings is 3. The van der Waals surface area contributed by atoms with Gasteiger partial charge in [0.25, 0.3) is 0 Å². The van der Waals surface area contributed by atoms with Gasteiger partial charge in [-0.25, -0.2) is 0 Å². The standard InChI is InChI=1S/C31H30NO2.C12H10N.Ir/c1-19-16-28(21-12-14-31(3,4)15-13-21)34-29(19)25-17-26(32-18-20(25)2)24-10-7-9-23-22-8-5-6-11-27(22)33-30(23)24;1-10-7-8-12(13-9-10)11-5-3-2-4-6-11;/h5-9,11,16-18,21H,12-15H2,1-4H3;2-5,7-9H,1H3;/q2*-1;/i1D3,2D3,21D;1D3;. The van der Waals surface area contributed by atoms with E-state index in [0.29, 0.717) is 35.3 Å². The Labute approximate surface area is 311 Å². The number of pyridine rings is 2. The Balaban J connectivity index is 0.000000280. The van der Waals surface area contributed by atoms with Gasteiger partial charge < -0.3 is 18.8 Å². The number of aromatic nitrogens is 2. The fourth-order valence-electron chi connectivity index (χ4n) is 6.01. The third kappa shape index (κ3) is 6.95. The molecule has 1 radical (unpaired) electrons. The zero-order chi connectivity index (χ0) is 41.0. The largest absolute Gasteiger partial charge is 0.501 e. The molecule has 0 N–H and O–H groups in total. The number of para-hydroxylation sites is 1. The summed E-state index contributed by atoms with van der Waals surface area (Å²) in [5.41, 5.74) is 3.92. The summed E-state index contributed by atoms with van der Waals surface area (Å²) in [6.07, 6.45) is 5.27. The fraction of sp³-hybridized carbons (Fsp3) is 0.256. The molecular weight excluding hydrogens is 769 g/mol. The van der Waals surface area contributed by atoms with Gasteiger partial charge in [-0.15, -0.1) is 54.1 Å². The number of rotatable bonds is 4. The first kappa shape index (κ1) is 23.1. The van der Waals surface area contributed by atoms with E-state index in [0.717, 1.165) is 34.9 Å². The Morgan fingerprint density at radius 1 is 0.792 bits per heavy atom. The van der Waals surface area contributed by atoms with Crippen molar-refractivity contribution in [3.63, 3.8) is 0 Å². The molecule has 4 heterocycles. The maximum Gasteiger partial charge on any atom is 0.136 e. The summed E-state index contributed by atoms with van der Waals surface area (Å²) >= 11 is 0. The van der Waals surface area contributed by atoms with Gasteiger partial charge in [-0.05, 0) is 91.9 Å². The van der Waals surface area contributed by atoms with Crippen molar-refractivity contribution in [1.82, 2.24) is 9.97 Å². The average Bonchev–Trinajstić information content (AvgIpc) is 3.80. The third-order valence-electron chi connectivity index (χ3n) is 8.78. The molecule has 0 aliphatic heterocycles. The van der Waals surface area contributed by atoms with Crippen LogP contribution in [0.5, 0.6) is 0 Å². The fourth-order valence-corrected chi connectivity index (χ4v) is 6.01. The molecule has 0 amide bonds. The Morgan fingerprint density at radius 2 is 1.60 bits per heavy atom. The number of fused-ring (bicyclic) bond motifs is 3. The SMILES string of the molecule is [2H]C([2H])([2H])c1ccc(-c2[c-]cccc2)nc1.[2H]C([2H])([2H])c1cnc(-c2[c-]ccc3c2oc2ccccc23)cc1-c1oc(C2([2H])CCC(C)(C)CC2)cc1C([2H])([2H])[2H].[Ir]. The monoisotopic (exact) mass is 819 g/mol. The average molecular weight is 819 g/mol. The van der Waals surface area contributed by atoms with Crippen molar-refractivity contribution in [2.45, 2.75) is 66.0 Å². The predicted octanol–water partition coefficient (Wildman–Crippen LogP) is 11.9. The van der Waals surface area contributed by atoms with Crippen LogP contribution in [0.25, 0.3) is 55.8 Å². The molecule has 1 aliphatic rings. The molecule has 4 nitrogen and oxygen atoms in total. The van der Waals surface area contributed by atoms with E-state index < -0.39 is 26.4 Å². The number of furan rings is 2. The molecule has 0 unspecified atom stereocenters. The van der Waals surface area contributed by atoms with E-state index in [1.165, 1.54) is 18.5 Å². The molecular formula is C43H40IrN2O2-2. The van der Waals surface area contributed by atoms with Gasteiger partial charge in [0.2, 0.25) is 0 Å². The molecule has 3 aromatic carbocycles. The summed E-state index contributed by atoms with van der Waals surface area (Å²) in [6, 6.07) is 31.2. The van der Waals surface area contributed by atoms with Gasteiger partial charge in [-0.3, -0.25) is 0 Å². The summed E-state index contributed by atoms with van der Waals surface area (Å²) in [5, 5.41) is 1.78. The second-order valence-electron chi connectivity index (χ2n) is 12.6. The number of hydrogen-bond acceptors (Lipinski definition) is 4. The van der Waals surface area contributed by atoms with E-state index >= 15 is 0 Å². The quantitative estimate of drug-likeness (QED) is 0.166. The van der Waals surface area contributed by atoms with E-state index in [9.17, 15) is 1.37 Å². The van der Waals surface area contributed by atoms with Gasteiger partial charge in [0.05, 0.1) is 5.58 Å². The molecule has 0 saturated heterocycles. The Morgan fingerprint density at radius 3 is 2.35 bits per heavy atom. The Hall–Kier alpha value is -4.31. The van der Waals surface area contributed by atoms with Crippen LogP contribution in [0, 0.1) is 38.1 Å². The zero-order valence-electron chi connectivity index (χ0n) is 36.6. The smallest absolute Gasteiger partial charge is 0.136 e. The Bertz CT molecular complexity index is 2530. The maximum atomic E-state index is 9.19. The van der Waals surface area contributed by atoms with Gasteiger partial charge in [0.1, 0.15) is 17.1 Å². The Kier molecular flexibility index (Phi) is 6.76. The minimum Gasteiger partial charge on any atom is -0.501 e. The van der Waals surface area contributed by atoms with Gasteiger partial charge in [-0.2, -0.15) is 0 Å². The van der Waals surface area contributed by atoms with Crippen LogP contribution in [0.4, 0.5) is 0 Å². The first-order chi connectivity index (χ1) is 26.7. The molecule has 0 bridgehead atoms. The van der Waals surface area contributed by atoms with Crippen molar-refractivity contribution in [3.8, 4) is 33.8 Å². The van der Waals surface area contributed by atoms with Crippen LogP contribution in [0.2, 0.25) is 0 Å². The van der Waals surface area contributed by atoms with Gasteiger partial charge in [0, 0.05) is 63.1 Å². The van der Waals surface area contributed by atoms with Crippen LogP contribution >= 0.6 is 0 Å². The van der Waals surface area contributed by atoms with E-state index in [1.807, 2.05) is 48.5 Å². The summed E-state index contributed by atoms with van der Waals surface area (Å²) in [5.74, 6) is -0.921. The van der Waals surface area contributed by atoms with E-state index in [2.05, 4.69) is 35.9 Å². The molecule has 245 valence electrons. The number of nitrogens with zero attached hydrogens (tertiary/aromatic N) is 2. The van der Waals surface area contributed by atoms with Crippen molar-refractivity contribution in [2.75, 3.05) is 0 Å². The van der Waals surface area contributed by atoms with Crippen LogP contribution in [-0.2, 0) is 20.1 Å². The van der Waals surface area contributed by atoms with Crippen molar-refractivity contribution < 1.29 is 42.6 Å². The second-order valence-corrected chi connectivity index (χ2v) is 12.6. The summed E-state index contributed by atoms with van der Waals surface area (Å²) in [4.78, 5) is 8.59. The number of aryl methyl sites for hydroxylation is 3. The van der Waals surface area contributed by atoms with Crippen molar-refractivity contribution >= 4 is 21.9 Å². The van der Waals surface area contributed by atoms with Crippen LogP contribution < -0.4 is 0 Å². The van der Waals surface area contributed by atoms with Crippen molar-refractivity contribution in [3.05, 3.63) is 132 Å². The molecule has 7 aromatic rings. The molecule has 8 rings (SSSR count). The zero-order valence-corrected chi connectivity index (χ0v) is 29.0. The molecule has 0 atom stereocenters. The van der Waals surface area contributed by atoms with Crippen molar-refractivity contribution in [1.29, 1.82) is 0 Å². The van der Waals surface area contributed by atoms with Crippen LogP contribution in [0.3, 0.4) is 0 Å². The van der Waals surface area contributed by atoms with E-state index in [4.69, 9.17) is 21.2 Å². The van der Waals surface area contributed by atoms with Gasteiger partial charge in [-0.1, -0.05) is 61.2 Å². The predicted molar refractivity (Wildman–Crippen MR) is 191 cm³/mol. The molecule has 4 aromatic heterocycles. The topological polar surface area (TPSA) is 52.1 Å². The molecule has 1 fully saturated rings. The summed E-state index contributed by atoms with van der Waals surface area (Å²) in [6.45, 7) is -2.96. The summed E-state index contributed by atoms with van der Waals surface area (Å²) in [7, 11) is 0. The minimum atomic E-state index is -2.60. The first-order valence-electron chi connectivity index (χ1n) is 20.7. The van der Waals surface area contributed by atoms with E-state index in [1.54, 1.807) is 30.3 Å². The normalized spacial score (nSPS) is 18.9. The molecule has 48 heavy (non-hydrogen) atoms. The summed E-state index contributed by atoms with van der Waals surface area (Å²) < 4.78 is 92.7. The second kappa shape index (κ2) is 14.0. The molecule has 0 spiro atoms. The minimum absolute atomic E-state index is 0. The van der Waals surface area contributed by atoms with Gasteiger partial charge >= 0.3 is 0 Å².